The molecule has 2 saturated heterocycles. The largest absolute Gasteiger partial charge is 0.436 e. The number of aromatic nitrogens is 6. The van der Waals surface area contributed by atoms with Crippen LogP contribution in [0.3, 0.4) is 0 Å². The summed E-state index contributed by atoms with van der Waals surface area (Å²) in [5.74, 6) is -2.43. The number of H-pyrrole nitrogens is 1. The number of alkyl halides is 3. The molecule has 4 aromatic heterocycles. The van der Waals surface area contributed by atoms with E-state index in [1.165, 1.54) is 11.2 Å². The van der Waals surface area contributed by atoms with E-state index in [0.29, 0.717) is 25.9 Å². The molecule has 4 aromatic rings. The van der Waals surface area contributed by atoms with Crippen LogP contribution in [0.15, 0.2) is 43.2 Å². The lowest BCUT2D eigenvalue weighted by atomic mass is 9.86. The maximum Gasteiger partial charge on any atom is 0.436 e. The lowest BCUT2D eigenvalue weighted by molar-refractivity contribution is -0.143. The van der Waals surface area contributed by atoms with Crippen molar-refractivity contribution in [1.82, 2.24) is 39.5 Å². The number of aliphatic hydroxyl groups is 1. The summed E-state index contributed by atoms with van der Waals surface area (Å²) in [5, 5.41) is 15.7. The van der Waals surface area contributed by atoms with Crippen LogP contribution in [-0.4, -0.2) is 89.4 Å². The predicted octanol–water partition coefficient (Wildman–Crippen LogP) is 2.68. The van der Waals surface area contributed by atoms with E-state index in [1.54, 1.807) is 17.1 Å². The molecule has 0 saturated carbocycles. The van der Waals surface area contributed by atoms with Gasteiger partial charge in [0.2, 0.25) is 0 Å². The number of likely N-dealkylation sites (tertiary alicyclic amines) is 2. The van der Waals surface area contributed by atoms with Gasteiger partial charge in [-0.2, -0.15) is 18.3 Å². The van der Waals surface area contributed by atoms with Crippen molar-refractivity contribution in [3.8, 4) is 11.3 Å². The van der Waals surface area contributed by atoms with Crippen LogP contribution in [0.5, 0.6) is 0 Å². The Bertz CT molecular complexity index is 1520. The molecule has 39 heavy (non-hydrogen) atoms. The summed E-state index contributed by atoms with van der Waals surface area (Å²) in [6.07, 6.45) is 3.80. The van der Waals surface area contributed by atoms with E-state index in [1.807, 2.05) is 12.3 Å². The summed E-state index contributed by atoms with van der Waals surface area (Å²) in [5.41, 5.74) is -0.670. The van der Waals surface area contributed by atoms with Gasteiger partial charge in [-0.3, -0.25) is 14.4 Å². The minimum atomic E-state index is -4.98. The quantitative estimate of drug-likeness (QED) is 0.371. The molecule has 2 aliphatic heterocycles. The number of fused-ring (bicyclic) bond motifs is 1. The molecule has 0 bridgehead atoms. The summed E-state index contributed by atoms with van der Waals surface area (Å²) in [7, 11) is 0. The lowest BCUT2D eigenvalue weighted by Gasteiger charge is -2.53. The van der Waals surface area contributed by atoms with Gasteiger partial charge < -0.3 is 15.0 Å². The minimum absolute atomic E-state index is 0.109. The van der Waals surface area contributed by atoms with Crippen LogP contribution in [0.4, 0.5) is 17.6 Å². The normalized spacial score (nSPS) is 18.4. The van der Waals surface area contributed by atoms with Gasteiger partial charge in [0.15, 0.2) is 11.5 Å². The molecule has 2 fully saturated rings. The molecule has 14 heteroatoms. The van der Waals surface area contributed by atoms with Crippen LogP contribution in [0, 0.1) is 5.82 Å². The van der Waals surface area contributed by atoms with E-state index in [0.717, 1.165) is 34.6 Å². The highest BCUT2D eigenvalue weighted by Crippen LogP contribution is 2.35. The number of hydrogen-bond donors (Lipinski definition) is 2. The fourth-order valence-corrected chi connectivity index (χ4v) is 5.50. The molecule has 0 atom stereocenters. The molecule has 0 unspecified atom stereocenters. The van der Waals surface area contributed by atoms with Crippen LogP contribution < -0.4 is 0 Å². The van der Waals surface area contributed by atoms with Gasteiger partial charge in [-0.25, -0.2) is 19.3 Å². The standard InChI is InChI=1S/C25H24F4N8O2/c26-19-17(1-5-30-21(19)25(27,28)29)23(39)35-7-3-16(4-8-35)36-11-24(12-36,13-38)37-10-15(9-34-37)20-18-2-6-31-22(18)33-14-32-20/h1-2,5-6,9-10,14,16,38H,3-4,7-8,11-13H2,(H,31,32,33). The fraction of sp³-hybridized carbons (Fsp3) is 0.400. The Kier molecular flexibility index (Phi) is 6.10. The Hall–Kier alpha value is -3.91. The van der Waals surface area contributed by atoms with Crippen LogP contribution in [0.2, 0.25) is 0 Å². The minimum Gasteiger partial charge on any atom is -0.394 e. The van der Waals surface area contributed by atoms with Crippen LogP contribution in [0.25, 0.3) is 22.3 Å². The topological polar surface area (TPSA) is 116 Å². The van der Waals surface area contributed by atoms with Crippen molar-refractivity contribution in [2.75, 3.05) is 32.8 Å². The van der Waals surface area contributed by atoms with Gasteiger partial charge in [0, 0.05) is 61.8 Å². The first-order valence-electron chi connectivity index (χ1n) is 12.4. The second-order valence-electron chi connectivity index (χ2n) is 9.97. The smallest absolute Gasteiger partial charge is 0.394 e. The monoisotopic (exact) mass is 544 g/mol. The Morgan fingerprint density at radius 3 is 2.64 bits per heavy atom. The van der Waals surface area contributed by atoms with E-state index in [4.69, 9.17) is 0 Å². The van der Waals surface area contributed by atoms with Crippen molar-refractivity contribution in [3.63, 3.8) is 0 Å². The predicted molar refractivity (Wildman–Crippen MR) is 130 cm³/mol. The summed E-state index contributed by atoms with van der Waals surface area (Å²) in [4.78, 5) is 31.1. The molecule has 2 N–H and O–H groups in total. The number of pyridine rings is 1. The second-order valence-corrected chi connectivity index (χ2v) is 9.97. The molecule has 10 nitrogen and oxygen atoms in total. The summed E-state index contributed by atoms with van der Waals surface area (Å²) < 4.78 is 55.2. The first-order valence-corrected chi connectivity index (χ1v) is 12.4. The van der Waals surface area contributed by atoms with Gasteiger partial charge in [-0.05, 0) is 25.0 Å². The second kappa shape index (κ2) is 9.38. The van der Waals surface area contributed by atoms with E-state index >= 15 is 0 Å². The maximum absolute atomic E-state index is 14.4. The third kappa shape index (κ3) is 4.33. The van der Waals surface area contributed by atoms with Gasteiger partial charge in [-0.1, -0.05) is 0 Å². The van der Waals surface area contributed by atoms with Crippen molar-refractivity contribution in [1.29, 1.82) is 0 Å². The molecular weight excluding hydrogens is 520 g/mol. The van der Waals surface area contributed by atoms with Crippen LogP contribution in [-0.2, 0) is 11.7 Å². The molecule has 2 aliphatic rings. The zero-order chi connectivity index (χ0) is 27.4. The van der Waals surface area contributed by atoms with Crippen molar-refractivity contribution < 1.29 is 27.5 Å². The summed E-state index contributed by atoms with van der Waals surface area (Å²) in [6.45, 7) is 1.53. The Morgan fingerprint density at radius 1 is 1.15 bits per heavy atom. The highest BCUT2D eigenvalue weighted by atomic mass is 19.4. The summed E-state index contributed by atoms with van der Waals surface area (Å²) in [6, 6.07) is 2.98. The van der Waals surface area contributed by atoms with E-state index in [-0.39, 0.29) is 25.7 Å². The molecule has 0 aliphatic carbocycles. The summed E-state index contributed by atoms with van der Waals surface area (Å²) >= 11 is 0. The number of piperidine rings is 1. The van der Waals surface area contributed by atoms with Crippen LogP contribution >= 0.6 is 0 Å². The highest BCUT2D eigenvalue weighted by Gasteiger charge is 2.48. The molecular formula is C25H24F4N8O2. The number of hydrogen-bond acceptors (Lipinski definition) is 7. The van der Waals surface area contributed by atoms with Crippen molar-refractivity contribution in [2.45, 2.75) is 30.6 Å². The van der Waals surface area contributed by atoms with E-state index in [9.17, 15) is 27.5 Å². The Morgan fingerprint density at radius 2 is 1.92 bits per heavy atom. The first-order chi connectivity index (χ1) is 18.7. The van der Waals surface area contributed by atoms with Crippen molar-refractivity contribution >= 4 is 16.9 Å². The molecule has 0 spiro atoms. The van der Waals surface area contributed by atoms with Crippen LogP contribution in [0.1, 0.15) is 28.9 Å². The number of amides is 1. The molecule has 6 rings (SSSR count). The fourth-order valence-electron chi connectivity index (χ4n) is 5.50. The third-order valence-corrected chi connectivity index (χ3v) is 7.64. The zero-order valence-electron chi connectivity index (χ0n) is 20.6. The first kappa shape index (κ1) is 25.4. The molecule has 204 valence electrons. The number of rotatable bonds is 5. The number of nitrogens with one attached hydrogen (secondary N) is 1. The average Bonchev–Trinajstić information content (AvgIpc) is 3.58. The Balaban J connectivity index is 1.10. The van der Waals surface area contributed by atoms with Crippen molar-refractivity contribution in [3.05, 3.63) is 60.3 Å². The SMILES string of the molecule is O=C(c1ccnc(C(F)(F)F)c1F)N1CCC(N2CC(CO)(n3cc(-c4ncnc5[nH]ccc45)cn3)C2)CC1. The van der Waals surface area contributed by atoms with Gasteiger partial charge in [0.05, 0.1) is 24.1 Å². The van der Waals surface area contributed by atoms with Gasteiger partial charge in [-0.15, -0.1) is 0 Å². The zero-order valence-corrected chi connectivity index (χ0v) is 20.6. The highest BCUT2D eigenvalue weighted by molar-refractivity contribution is 5.94. The van der Waals surface area contributed by atoms with Gasteiger partial charge in [0.25, 0.3) is 5.91 Å². The number of carbonyl (C=O) groups excluding carboxylic acids is 1. The number of carbonyl (C=O) groups is 1. The molecule has 1 amide bonds. The van der Waals surface area contributed by atoms with E-state index in [2.05, 4.69) is 29.9 Å². The third-order valence-electron chi connectivity index (χ3n) is 7.64. The van der Waals surface area contributed by atoms with Crippen molar-refractivity contribution in [2.24, 2.45) is 0 Å². The molecule has 6 heterocycles. The maximum atomic E-state index is 14.4. The average molecular weight is 545 g/mol. The lowest BCUT2D eigenvalue weighted by Crippen LogP contribution is -2.68. The number of aromatic amines is 1. The van der Waals surface area contributed by atoms with Gasteiger partial charge in [0.1, 0.15) is 17.5 Å². The Labute approximate surface area is 219 Å². The van der Waals surface area contributed by atoms with Gasteiger partial charge >= 0.3 is 6.18 Å². The number of aliphatic hydroxyl groups excluding tert-OH is 1. The molecule has 0 aromatic carbocycles. The molecule has 0 radical (unpaired) electrons. The number of nitrogens with zero attached hydrogens (tertiary/aromatic N) is 7. The number of halogens is 4. The van der Waals surface area contributed by atoms with E-state index < -0.39 is 34.7 Å².